The molecule has 2 aromatic carbocycles. The summed E-state index contributed by atoms with van der Waals surface area (Å²) in [6.45, 7) is 5.62. The SMILES string of the molecule is CCCC[C@@H]1O[C@H]1COc1ccc(-c2cnc(-c3cccc(OCCC)c3)nc2)cc1. The van der Waals surface area contributed by atoms with Crippen molar-refractivity contribution in [3.63, 3.8) is 0 Å². The van der Waals surface area contributed by atoms with Gasteiger partial charge in [0.15, 0.2) is 5.82 Å². The summed E-state index contributed by atoms with van der Waals surface area (Å²) in [5, 5.41) is 0. The molecule has 2 heterocycles. The van der Waals surface area contributed by atoms with E-state index in [2.05, 4.69) is 23.8 Å². The van der Waals surface area contributed by atoms with Gasteiger partial charge in [-0.1, -0.05) is 51.0 Å². The molecule has 1 fully saturated rings. The Bertz CT molecular complexity index is 957. The molecule has 1 saturated heterocycles. The number of hydrogen-bond acceptors (Lipinski definition) is 5. The van der Waals surface area contributed by atoms with Crippen molar-refractivity contribution in [2.75, 3.05) is 13.2 Å². The second-order valence-electron chi connectivity index (χ2n) is 7.86. The molecule has 1 aliphatic heterocycles. The Labute approximate surface area is 184 Å². The van der Waals surface area contributed by atoms with Gasteiger partial charge in [-0.15, -0.1) is 0 Å². The van der Waals surface area contributed by atoms with Crippen molar-refractivity contribution in [2.45, 2.75) is 51.7 Å². The van der Waals surface area contributed by atoms with E-state index < -0.39 is 0 Å². The van der Waals surface area contributed by atoms with Crippen molar-refractivity contribution in [1.82, 2.24) is 9.97 Å². The number of hydrogen-bond donors (Lipinski definition) is 0. The van der Waals surface area contributed by atoms with E-state index in [9.17, 15) is 0 Å². The second-order valence-corrected chi connectivity index (χ2v) is 7.86. The van der Waals surface area contributed by atoms with Crippen molar-refractivity contribution in [3.05, 3.63) is 60.9 Å². The van der Waals surface area contributed by atoms with Gasteiger partial charge in [0.1, 0.15) is 24.2 Å². The molecule has 5 heteroatoms. The largest absolute Gasteiger partial charge is 0.494 e. The lowest BCUT2D eigenvalue weighted by molar-refractivity contribution is 0.259. The third-order valence-corrected chi connectivity index (χ3v) is 5.35. The van der Waals surface area contributed by atoms with Gasteiger partial charge in [0.05, 0.1) is 12.7 Å². The molecule has 162 valence electrons. The predicted octanol–water partition coefficient (Wildman–Crippen LogP) is 5.94. The quantitative estimate of drug-likeness (QED) is 0.361. The van der Waals surface area contributed by atoms with Crippen LogP contribution in [0.3, 0.4) is 0 Å². The van der Waals surface area contributed by atoms with Crippen LogP contribution < -0.4 is 9.47 Å². The zero-order valence-electron chi connectivity index (χ0n) is 18.3. The molecule has 3 aromatic rings. The molecule has 0 bridgehead atoms. The third-order valence-electron chi connectivity index (χ3n) is 5.35. The lowest BCUT2D eigenvalue weighted by Gasteiger charge is -2.08. The van der Waals surface area contributed by atoms with Gasteiger partial charge in [-0.25, -0.2) is 9.97 Å². The Balaban J connectivity index is 1.34. The molecule has 1 aliphatic rings. The maximum absolute atomic E-state index is 5.88. The smallest absolute Gasteiger partial charge is 0.159 e. The first-order valence-electron chi connectivity index (χ1n) is 11.2. The van der Waals surface area contributed by atoms with Gasteiger partial charge in [-0.05, 0) is 42.7 Å². The van der Waals surface area contributed by atoms with E-state index in [0.29, 0.717) is 25.1 Å². The van der Waals surface area contributed by atoms with E-state index in [1.165, 1.54) is 12.8 Å². The molecule has 0 N–H and O–H groups in total. The lowest BCUT2D eigenvalue weighted by Crippen LogP contribution is -2.07. The average molecular weight is 419 g/mol. The van der Waals surface area contributed by atoms with Crippen LogP contribution in [-0.4, -0.2) is 35.4 Å². The molecule has 31 heavy (non-hydrogen) atoms. The molecule has 2 atom stereocenters. The van der Waals surface area contributed by atoms with Gasteiger partial charge < -0.3 is 14.2 Å². The van der Waals surface area contributed by atoms with Crippen LogP contribution in [0.25, 0.3) is 22.5 Å². The van der Waals surface area contributed by atoms with Crippen LogP contribution in [0.15, 0.2) is 60.9 Å². The standard InChI is InChI=1S/C26H30N2O3/c1-3-5-9-24-25(31-24)18-30-22-12-10-19(11-13-22)21-16-27-26(28-17-21)20-7-6-8-23(15-20)29-14-4-2/h6-8,10-13,15-17,24-25H,3-5,9,14,18H2,1-2H3/t24-,25-/m0/s1. The summed E-state index contributed by atoms with van der Waals surface area (Å²) in [6.07, 6.45) is 8.88. The molecule has 0 aliphatic carbocycles. The molecular weight excluding hydrogens is 388 g/mol. The van der Waals surface area contributed by atoms with Crippen molar-refractivity contribution in [2.24, 2.45) is 0 Å². The zero-order chi connectivity index (χ0) is 21.5. The third kappa shape index (κ3) is 5.82. The molecule has 0 unspecified atom stereocenters. The minimum absolute atomic E-state index is 0.248. The van der Waals surface area contributed by atoms with E-state index in [1.807, 2.05) is 60.9 Å². The summed E-state index contributed by atoms with van der Waals surface area (Å²) in [7, 11) is 0. The van der Waals surface area contributed by atoms with Gasteiger partial charge >= 0.3 is 0 Å². The Morgan fingerprint density at radius 2 is 1.61 bits per heavy atom. The topological polar surface area (TPSA) is 56.8 Å². The number of ether oxygens (including phenoxy) is 3. The van der Waals surface area contributed by atoms with Crippen LogP contribution in [0.2, 0.25) is 0 Å². The van der Waals surface area contributed by atoms with Gasteiger partial charge in [-0.2, -0.15) is 0 Å². The average Bonchev–Trinajstić information content (AvgIpc) is 3.59. The number of unbranched alkanes of at least 4 members (excludes halogenated alkanes) is 1. The van der Waals surface area contributed by atoms with E-state index in [-0.39, 0.29) is 6.10 Å². The number of epoxide rings is 1. The van der Waals surface area contributed by atoms with Crippen LogP contribution in [0.5, 0.6) is 11.5 Å². The molecule has 0 amide bonds. The Morgan fingerprint density at radius 1 is 0.806 bits per heavy atom. The number of aromatic nitrogens is 2. The van der Waals surface area contributed by atoms with Crippen molar-refractivity contribution < 1.29 is 14.2 Å². The fraction of sp³-hybridized carbons (Fsp3) is 0.385. The zero-order valence-corrected chi connectivity index (χ0v) is 18.3. The van der Waals surface area contributed by atoms with E-state index in [1.54, 1.807) is 0 Å². The first kappa shape index (κ1) is 21.3. The predicted molar refractivity (Wildman–Crippen MR) is 122 cm³/mol. The highest BCUT2D eigenvalue weighted by molar-refractivity contribution is 5.64. The maximum atomic E-state index is 5.88. The van der Waals surface area contributed by atoms with Crippen LogP contribution in [0.4, 0.5) is 0 Å². The fourth-order valence-corrected chi connectivity index (χ4v) is 3.48. The molecule has 4 rings (SSSR count). The first-order chi connectivity index (χ1) is 15.3. The first-order valence-corrected chi connectivity index (χ1v) is 11.2. The summed E-state index contributed by atoms with van der Waals surface area (Å²) in [4.78, 5) is 9.11. The van der Waals surface area contributed by atoms with Crippen molar-refractivity contribution in [3.8, 4) is 34.0 Å². The summed E-state index contributed by atoms with van der Waals surface area (Å²) in [5.41, 5.74) is 2.98. The number of benzene rings is 2. The molecule has 1 aromatic heterocycles. The summed E-state index contributed by atoms with van der Waals surface area (Å²) < 4.78 is 17.2. The maximum Gasteiger partial charge on any atom is 0.159 e. The van der Waals surface area contributed by atoms with Crippen LogP contribution in [0.1, 0.15) is 39.5 Å². The van der Waals surface area contributed by atoms with E-state index in [0.717, 1.165) is 41.0 Å². The Kier molecular flexibility index (Phi) is 7.15. The number of rotatable bonds is 11. The Morgan fingerprint density at radius 3 is 2.35 bits per heavy atom. The van der Waals surface area contributed by atoms with Crippen LogP contribution in [0, 0.1) is 0 Å². The van der Waals surface area contributed by atoms with E-state index >= 15 is 0 Å². The minimum atomic E-state index is 0.248. The molecular formula is C26H30N2O3. The second kappa shape index (κ2) is 10.4. The molecule has 0 spiro atoms. The number of nitrogens with zero attached hydrogens (tertiary/aromatic N) is 2. The van der Waals surface area contributed by atoms with Crippen molar-refractivity contribution >= 4 is 0 Å². The van der Waals surface area contributed by atoms with Gasteiger partial charge in [0.2, 0.25) is 0 Å². The van der Waals surface area contributed by atoms with Gasteiger partial charge in [0, 0.05) is 23.5 Å². The van der Waals surface area contributed by atoms with Crippen molar-refractivity contribution in [1.29, 1.82) is 0 Å². The summed E-state index contributed by atoms with van der Waals surface area (Å²) >= 11 is 0. The summed E-state index contributed by atoms with van der Waals surface area (Å²) in [6, 6.07) is 15.9. The molecule has 0 radical (unpaired) electrons. The van der Waals surface area contributed by atoms with Gasteiger partial charge in [0.25, 0.3) is 0 Å². The van der Waals surface area contributed by atoms with Crippen LogP contribution in [-0.2, 0) is 4.74 Å². The van der Waals surface area contributed by atoms with Gasteiger partial charge in [-0.3, -0.25) is 0 Å². The minimum Gasteiger partial charge on any atom is -0.494 e. The van der Waals surface area contributed by atoms with Crippen LogP contribution >= 0.6 is 0 Å². The highest BCUT2D eigenvalue weighted by Crippen LogP contribution is 2.29. The Hall–Kier alpha value is -2.92. The normalized spacial score (nSPS) is 17.4. The highest BCUT2D eigenvalue weighted by atomic mass is 16.6. The summed E-state index contributed by atoms with van der Waals surface area (Å²) in [5.74, 6) is 2.39. The molecule has 5 nitrogen and oxygen atoms in total. The van der Waals surface area contributed by atoms with E-state index in [4.69, 9.17) is 14.2 Å². The fourth-order valence-electron chi connectivity index (χ4n) is 3.48. The highest BCUT2D eigenvalue weighted by Gasteiger charge is 2.38. The molecule has 0 saturated carbocycles. The monoisotopic (exact) mass is 418 g/mol. The lowest BCUT2D eigenvalue weighted by atomic mass is 10.1.